The summed E-state index contributed by atoms with van der Waals surface area (Å²) in [5.74, 6) is -0.452. The number of phenols is 1. The second-order valence-electron chi connectivity index (χ2n) is 4.28. The van der Waals surface area contributed by atoms with Crippen LogP contribution in [0.25, 0.3) is 0 Å². The Kier molecular flexibility index (Phi) is 5.81. The third-order valence-corrected chi connectivity index (χ3v) is 2.83. The fourth-order valence-corrected chi connectivity index (χ4v) is 2.05. The fraction of sp³-hybridized carbons (Fsp3) is 0.500. The summed E-state index contributed by atoms with van der Waals surface area (Å²) in [6.45, 7) is 3.28. The van der Waals surface area contributed by atoms with E-state index in [9.17, 15) is 9.50 Å². The maximum atomic E-state index is 13.1. The van der Waals surface area contributed by atoms with E-state index in [4.69, 9.17) is 10.5 Å². The number of rotatable bonds is 3. The number of aromatic hydroxyl groups is 1. The number of halogens is 2. The van der Waals surface area contributed by atoms with Crippen LogP contribution >= 0.6 is 12.4 Å². The number of hydrogen-bond acceptors (Lipinski definition) is 4. The van der Waals surface area contributed by atoms with Gasteiger partial charge in [-0.05, 0) is 17.7 Å². The lowest BCUT2D eigenvalue weighted by Crippen LogP contribution is -2.45. The highest BCUT2D eigenvalue weighted by atomic mass is 35.5. The molecule has 18 heavy (non-hydrogen) atoms. The van der Waals surface area contributed by atoms with Crippen molar-refractivity contribution >= 4 is 12.4 Å². The molecular formula is C12H18ClFN2O2. The molecule has 6 heteroatoms. The lowest BCUT2D eigenvalue weighted by molar-refractivity contribution is -0.0260. The Morgan fingerprint density at radius 1 is 1.44 bits per heavy atom. The van der Waals surface area contributed by atoms with Crippen LogP contribution in [0.3, 0.4) is 0 Å². The lowest BCUT2D eigenvalue weighted by atomic mass is 10.1. The van der Waals surface area contributed by atoms with Gasteiger partial charge in [0.05, 0.1) is 12.7 Å². The van der Waals surface area contributed by atoms with Gasteiger partial charge in [-0.1, -0.05) is 0 Å². The molecule has 0 spiro atoms. The first kappa shape index (κ1) is 15.2. The Morgan fingerprint density at radius 3 is 2.89 bits per heavy atom. The highest BCUT2D eigenvalue weighted by molar-refractivity contribution is 5.85. The molecule has 1 atom stereocenters. The first-order chi connectivity index (χ1) is 8.17. The molecule has 0 aliphatic carbocycles. The van der Waals surface area contributed by atoms with Crippen molar-refractivity contribution in [2.75, 3.05) is 26.2 Å². The first-order valence-corrected chi connectivity index (χ1v) is 5.70. The molecule has 2 rings (SSSR count). The van der Waals surface area contributed by atoms with Crippen molar-refractivity contribution in [2.45, 2.75) is 12.6 Å². The van der Waals surface area contributed by atoms with Gasteiger partial charge in [0.2, 0.25) is 0 Å². The zero-order chi connectivity index (χ0) is 12.3. The van der Waals surface area contributed by atoms with E-state index in [0.717, 1.165) is 24.7 Å². The maximum absolute atomic E-state index is 13.1. The maximum Gasteiger partial charge on any atom is 0.127 e. The fourth-order valence-electron chi connectivity index (χ4n) is 2.05. The SMILES string of the molecule is Cl.NCC1CN(Cc2cc(O)cc(F)c2)CCO1. The zero-order valence-corrected chi connectivity index (χ0v) is 10.8. The van der Waals surface area contributed by atoms with Gasteiger partial charge < -0.3 is 15.6 Å². The Labute approximate surface area is 112 Å². The number of morpholine rings is 1. The molecule has 3 N–H and O–H groups in total. The molecule has 1 aliphatic heterocycles. The Bertz CT molecular complexity index is 372. The molecule has 1 unspecified atom stereocenters. The molecule has 1 fully saturated rings. The van der Waals surface area contributed by atoms with Gasteiger partial charge in [-0.25, -0.2) is 4.39 Å². The molecule has 1 aromatic carbocycles. The molecule has 1 saturated heterocycles. The van der Waals surface area contributed by atoms with Gasteiger partial charge in [0, 0.05) is 32.2 Å². The van der Waals surface area contributed by atoms with Gasteiger partial charge in [-0.2, -0.15) is 0 Å². The minimum Gasteiger partial charge on any atom is -0.508 e. The lowest BCUT2D eigenvalue weighted by Gasteiger charge is -2.32. The summed E-state index contributed by atoms with van der Waals surface area (Å²) in [4.78, 5) is 2.15. The summed E-state index contributed by atoms with van der Waals surface area (Å²) in [7, 11) is 0. The topological polar surface area (TPSA) is 58.7 Å². The average Bonchev–Trinajstić information content (AvgIpc) is 2.28. The smallest absolute Gasteiger partial charge is 0.127 e. The zero-order valence-electron chi connectivity index (χ0n) is 10.0. The third-order valence-electron chi connectivity index (χ3n) is 2.83. The van der Waals surface area contributed by atoms with Gasteiger partial charge in [0.1, 0.15) is 11.6 Å². The van der Waals surface area contributed by atoms with Crippen LogP contribution < -0.4 is 5.73 Å². The molecule has 0 aromatic heterocycles. The largest absolute Gasteiger partial charge is 0.508 e. The van der Waals surface area contributed by atoms with E-state index in [2.05, 4.69) is 4.90 Å². The average molecular weight is 277 g/mol. The predicted molar refractivity (Wildman–Crippen MR) is 69.4 cm³/mol. The summed E-state index contributed by atoms with van der Waals surface area (Å²) >= 11 is 0. The number of phenolic OH excluding ortho intramolecular Hbond substituents is 1. The summed E-state index contributed by atoms with van der Waals surface area (Å²) in [6.07, 6.45) is 0.0471. The molecule has 0 saturated carbocycles. The van der Waals surface area contributed by atoms with Crippen LogP contribution in [0, 0.1) is 5.82 Å². The Hall–Kier alpha value is -0.880. The van der Waals surface area contributed by atoms with E-state index >= 15 is 0 Å². The summed E-state index contributed by atoms with van der Waals surface area (Å²) in [5.41, 5.74) is 6.32. The Balaban J connectivity index is 0.00000162. The molecule has 0 radical (unpaired) electrons. The van der Waals surface area contributed by atoms with Gasteiger partial charge in [0.15, 0.2) is 0 Å². The van der Waals surface area contributed by atoms with Crippen LogP contribution in [0.2, 0.25) is 0 Å². The number of ether oxygens (including phenoxy) is 1. The minimum absolute atomic E-state index is 0. The van der Waals surface area contributed by atoms with Crippen LogP contribution in [0.4, 0.5) is 4.39 Å². The molecule has 4 nitrogen and oxygen atoms in total. The summed E-state index contributed by atoms with van der Waals surface area (Å²) in [5, 5.41) is 9.32. The predicted octanol–water partition coefficient (Wildman–Crippen LogP) is 1.11. The van der Waals surface area contributed by atoms with Gasteiger partial charge in [-0.3, -0.25) is 4.90 Å². The number of nitrogens with zero attached hydrogens (tertiary/aromatic N) is 1. The van der Waals surface area contributed by atoms with E-state index in [1.54, 1.807) is 6.07 Å². The van der Waals surface area contributed by atoms with E-state index in [1.165, 1.54) is 6.07 Å². The van der Waals surface area contributed by atoms with E-state index < -0.39 is 5.82 Å². The van der Waals surface area contributed by atoms with Crippen molar-refractivity contribution < 1.29 is 14.2 Å². The Morgan fingerprint density at radius 2 is 2.22 bits per heavy atom. The molecule has 1 heterocycles. The van der Waals surface area contributed by atoms with Crippen molar-refractivity contribution in [3.8, 4) is 5.75 Å². The molecule has 0 bridgehead atoms. The van der Waals surface area contributed by atoms with Crippen molar-refractivity contribution in [3.05, 3.63) is 29.6 Å². The third kappa shape index (κ3) is 4.10. The summed E-state index contributed by atoms with van der Waals surface area (Å²) in [6, 6.07) is 4.12. The number of benzene rings is 1. The normalized spacial score (nSPS) is 20.4. The number of nitrogens with two attached hydrogens (primary N) is 1. The first-order valence-electron chi connectivity index (χ1n) is 5.70. The van der Waals surface area contributed by atoms with Crippen molar-refractivity contribution in [1.29, 1.82) is 0 Å². The van der Waals surface area contributed by atoms with Crippen molar-refractivity contribution in [1.82, 2.24) is 4.90 Å². The highest BCUT2D eigenvalue weighted by Crippen LogP contribution is 2.17. The van der Waals surface area contributed by atoms with Gasteiger partial charge in [0.25, 0.3) is 0 Å². The van der Waals surface area contributed by atoms with Crippen LogP contribution in [0.5, 0.6) is 5.75 Å². The van der Waals surface area contributed by atoms with Crippen LogP contribution in [-0.4, -0.2) is 42.4 Å². The van der Waals surface area contributed by atoms with E-state index in [0.29, 0.717) is 19.7 Å². The van der Waals surface area contributed by atoms with Crippen molar-refractivity contribution in [2.24, 2.45) is 5.73 Å². The molecule has 102 valence electrons. The van der Waals surface area contributed by atoms with E-state index in [1.807, 2.05) is 0 Å². The summed E-state index contributed by atoms with van der Waals surface area (Å²) < 4.78 is 18.6. The molecule has 1 aliphatic rings. The number of hydrogen-bond donors (Lipinski definition) is 2. The standard InChI is InChI=1S/C12H17FN2O2.ClH/c13-10-3-9(4-11(16)5-10)7-15-1-2-17-12(6-14)8-15;/h3-5,12,16H,1-2,6-8,14H2;1H. The minimum atomic E-state index is -0.413. The van der Waals surface area contributed by atoms with Crippen LogP contribution in [0.1, 0.15) is 5.56 Å². The molecule has 0 amide bonds. The quantitative estimate of drug-likeness (QED) is 0.868. The van der Waals surface area contributed by atoms with Crippen LogP contribution in [0.15, 0.2) is 18.2 Å². The van der Waals surface area contributed by atoms with E-state index in [-0.39, 0.29) is 24.3 Å². The molecular weight excluding hydrogens is 259 g/mol. The highest BCUT2D eigenvalue weighted by Gasteiger charge is 2.19. The van der Waals surface area contributed by atoms with Gasteiger partial charge in [-0.15, -0.1) is 12.4 Å². The van der Waals surface area contributed by atoms with Crippen molar-refractivity contribution in [3.63, 3.8) is 0 Å². The monoisotopic (exact) mass is 276 g/mol. The van der Waals surface area contributed by atoms with Crippen LogP contribution in [-0.2, 0) is 11.3 Å². The second kappa shape index (κ2) is 6.89. The van der Waals surface area contributed by atoms with Gasteiger partial charge >= 0.3 is 0 Å². The second-order valence-corrected chi connectivity index (χ2v) is 4.28. The molecule has 1 aromatic rings.